The molecule has 158 valence electrons. The first-order chi connectivity index (χ1) is 14.4. The predicted molar refractivity (Wildman–Crippen MR) is 113 cm³/mol. The van der Waals surface area contributed by atoms with Crippen molar-refractivity contribution in [2.45, 2.75) is 26.4 Å². The third-order valence-corrected chi connectivity index (χ3v) is 5.69. The van der Waals surface area contributed by atoms with E-state index in [4.69, 9.17) is 19.2 Å². The number of benzene rings is 1. The van der Waals surface area contributed by atoms with Crippen molar-refractivity contribution in [1.29, 1.82) is 0 Å². The van der Waals surface area contributed by atoms with E-state index in [9.17, 15) is 4.79 Å². The van der Waals surface area contributed by atoms with Gasteiger partial charge in [-0.15, -0.1) is 0 Å². The Balaban J connectivity index is 1.78. The SMILES string of the molecule is COc1ccc(-c2cc3nc(C)n(C)c3c(O[C@H](C)[C@H]3CNC(=O)C3)n2)cc1OC. The van der Waals surface area contributed by atoms with E-state index in [2.05, 4.69) is 10.3 Å². The van der Waals surface area contributed by atoms with Gasteiger partial charge in [0.2, 0.25) is 11.8 Å². The summed E-state index contributed by atoms with van der Waals surface area (Å²) in [6.07, 6.45) is 0.292. The van der Waals surface area contributed by atoms with E-state index < -0.39 is 0 Å². The molecule has 0 spiro atoms. The van der Waals surface area contributed by atoms with E-state index in [0.717, 1.165) is 28.1 Å². The smallest absolute Gasteiger partial charge is 0.241 e. The lowest BCUT2D eigenvalue weighted by Crippen LogP contribution is -2.26. The van der Waals surface area contributed by atoms with Gasteiger partial charge in [-0.1, -0.05) is 0 Å². The van der Waals surface area contributed by atoms with Crippen molar-refractivity contribution < 1.29 is 19.0 Å². The summed E-state index contributed by atoms with van der Waals surface area (Å²) in [5.41, 5.74) is 3.23. The molecule has 0 aliphatic carbocycles. The molecule has 1 amide bonds. The van der Waals surface area contributed by atoms with Gasteiger partial charge in [-0.2, -0.15) is 0 Å². The van der Waals surface area contributed by atoms with Crippen LogP contribution in [0.3, 0.4) is 0 Å². The van der Waals surface area contributed by atoms with Crippen LogP contribution in [0.1, 0.15) is 19.2 Å². The van der Waals surface area contributed by atoms with Crippen LogP contribution < -0.4 is 19.5 Å². The maximum atomic E-state index is 11.6. The number of carbonyl (C=O) groups is 1. The number of hydrogen-bond donors (Lipinski definition) is 1. The molecule has 2 atom stereocenters. The molecule has 1 saturated heterocycles. The fraction of sp³-hybridized carbons (Fsp3) is 0.409. The van der Waals surface area contributed by atoms with Crippen molar-refractivity contribution in [3.8, 4) is 28.6 Å². The maximum absolute atomic E-state index is 11.6. The summed E-state index contributed by atoms with van der Waals surface area (Å²) >= 11 is 0. The highest BCUT2D eigenvalue weighted by Gasteiger charge is 2.29. The number of fused-ring (bicyclic) bond motifs is 1. The molecule has 8 nitrogen and oxygen atoms in total. The number of hydrogen-bond acceptors (Lipinski definition) is 6. The lowest BCUT2D eigenvalue weighted by atomic mass is 10.0. The summed E-state index contributed by atoms with van der Waals surface area (Å²) in [5.74, 6) is 2.82. The van der Waals surface area contributed by atoms with Crippen LogP contribution in [0, 0.1) is 12.8 Å². The Morgan fingerprint density at radius 1 is 1.17 bits per heavy atom. The largest absolute Gasteiger partial charge is 0.493 e. The third kappa shape index (κ3) is 3.53. The lowest BCUT2D eigenvalue weighted by Gasteiger charge is -2.20. The highest BCUT2D eigenvalue weighted by molar-refractivity contribution is 5.85. The van der Waals surface area contributed by atoms with Crippen molar-refractivity contribution in [2.75, 3.05) is 20.8 Å². The fourth-order valence-corrected chi connectivity index (χ4v) is 3.77. The van der Waals surface area contributed by atoms with Gasteiger partial charge >= 0.3 is 0 Å². The molecule has 0 bridgehead atoms. The second kappa shape index (κ2) is 7.85. The predicted octanol–water partition coefficient (Wildman–Crippen LogP) is 2.86. The standard InChI is InChI=1S/C22H26N4O4/c1-12(15-9-20(27)23-11-15)30-22-21-17(24-13(2)26(21)3)10-16(25-22)14-6-7-18(28-4)19(8-14)29-5/h6-8,10,12,15H,9,11H2,1-5H3,(H,23,27)/t12-,15-/m1/s1. The van der Waals surface area contributed by atoms with Crippen LogP contribution in [0.25, 0.3) is 22.3 Å². The molecule has 3 heterocycles. The van der Waals surface area contributed by atoms with E-state index in [1.54, 1.807) is 14.2 Å². The molecule has 2 aromatic heterocycles. The van der Waals surface area contributed by atoms with Crippen molar-refractivity contribution in [3.63, 3.8) is 0 Å². The van der Waals surface area contributed by atoms with Gasteiger partial charge in [-0.25, -0.2) is 9.97 Å². The number of rotatable bonds is 6. The van der Waals surface area contributed by atoms with Gasteiger partial charge in [0, 0.05) is 31.5 Å². The number of aryl methyl sites for hydroxylation is 2. The molecule has 1 aromatic carbocycles. The Hall–Kier alpha value is -3.29. The number of carbonyl (C=O) groups excluding carboxylic acids is 1. The van der Waals surface area contributed by atoms with E-state index >= 15 is 0 Å². The highest BCUT2D eigenvalue weighted by Crippen LogP contribution is 2.35. The molecule has 0 unspecified atom stereocenters. The van der Waals surface area contributed by atoms with Crippen LogP contribution in [-0.4, -0.2) is 47.3 Å². The van der Waals surface area contributed by atoms with Crippen molar-refractivity contribution in [2.24, 2.45) is 13.0 Å². The quantitative estimate of drug-likeness (QED) is 0.672. The number of methoxy groups -OCH3 is 2. The molecule has 1 fully saturated rings. The number of imidazole rings is 1. The second-order valence-electron chi connectivity index (χ2n) is 7.56. The number of ether oxygens (including phenoxy) is 3. The molecule has 0 radical (unpaired) electrons. The first kappa shape index (κ1) is 20.0. The summed E-state index contributed by atoms with van der Waals surface area (Å²) < 4.78 is 19.0. The summed E-state index contributed by atoms with van der Waals surface area (Å²) in [5, 5.41) is 2.87. The average molecular weight is 410 g/mol. The van der Waals surface area contributed by atoms with E-state index in [1.807, 2.05) is 49.7 Å². The normalized spacial score (nSPS) is 17.1. The fourth-order valence-electron chi connectivity index (χ4n) is 3.77. The van der Waals surface area contributed by atoms with Gasteiger partial charge in [-0.05, 0) is 38.1 Å². The molecule has 30 heavy (non-hydrogen) atoms. The van der Waals surface area contributed by atoms with Crippen LogP contribution in [-0.2, 0) is 11.8 Å². The monoisotopic (exact) mass is 410 g/mol. The van der Waals surface area contributed by atoms with E-state index in [1.165, 1.54) is 0 Å². The minimum atomic E-state index is -0.171. The minimum Gasteiger partial charge on any atom is -0.493 e. The molecule has 0 saturated carbocycles. The summed E-state index contributed by atoms with van der Waals surface area (Å²) in [4.78, 5) is 21.1. The Labute approximate surface area is 175 Å². The van der Waals surface area contributed by atoms with Gasteiger partial charge in [0.1, 0.15) is 17.4 Å². The zero-order valence-corrected chi connectivity index (χ0v) is 17.9. The Kier molecular flexibility index (Phi) is 5.24. The summed E-state index contributed by atoms with van der Waals surface area (Å²) in [6.45, 7) is 4.54. The van der Waals surface area contributed by atoms with Crippen LogP contribution in [0.2, 0.25) is 0 Å². The van der Waals surface area contributed by atoms with E-state index in [-0.39, 0.29) is 17.9 Å². The van der Waals surface area contributed by atoms with Crippen LogP contribution in [0.5, 0.6) is 17.4 Å². The average Bonchev–Trinajstić information content (AvgIpc) is 3.30. The van der Waals surface area contributed by atoms with Gasteiger partial charge in [0.25, 0.3) is 0 Å². The van der Waals surface area contributed by atoms with Crippen molar-refractivity contribution >= 4 is 16.9 Å². The molecule has 1 aliphatic heterocycles. The number of nitrogens with zero attached hydrogens (tertiary/aromatic N) is 3. The molecular formula is C22H26N4O4. The Morgan fingerprint density at radius 3 is 2.60 bits per heavy atom. The van der Waals surface area contributed by atoms with Gasteiger partial charge < -0.3 is 24.1 Å². The minimum absolute atomic E-state index is 0.0593. The molecule has 1 aliphatic rings. The summed E-state index contributed by atoms with van der Waals surface area (Å²) in [7, 11) is 5.16. The molecule has 4 rings (SSSR count). The lowest BCUT2D eigenvalue weighted by molar-refractivity contribution is -0.119. The third-order valence-electron chi connectivity index (χ3n) is 5.69. The number of pyridine rings is 1. The van der Waals surface area contributed by atoms with Crippen molar-refractivity contribution in [1.82, 2.24) is 19.9 Å². The zero-order chi connectivity index (χ0) is 21.4. The van der Waals surface area contributed by atoms with Gasteiger partial charge in [0.15, 0.2) is 11.5 Å². The molecule has 1 N–H and O–H groups in total. The van der Waals surface area contributed by atoms with Crippen LogP contribution >= 0.6 is 0 Å². The van der Waals surface area contributed by atoms with Gasteiger partial charge in [0.05, 0.1) is 25.4 Å². The van der Waals surface area contributed by atoms with Gasteiger partial charge in [-0.3, -0.25) is 4.79 Å². The second-order valence-corrected chi connectivity index (χ2v) is 7.56. The Bertz CT molecular complexity index is 1110. The first-order valence-corrected chi connectivity index (χ1v) is 9.91. The van der Waals surface area contributed by atoms with Crippen LogP contribution in [0.4, 0.5) is 0 Å². The molecule has 8 heteroatoms. The Morgan fingerprint density at radius 2 is 1.93 bits per heavy atom. The zero-order valence-electron chi connectivity index (χ0n) is 17.9. The topological polar surface area (TPSA) is 87.5 Å². The molecular weight excluding hydrogens is 384 g/mol. The van der Waals surface area contributed by atoms with Crippen LogP contribution in [0.15, 0.2) is 24.3 Å². The maximum Gasteiger partial charge on any atom is 0.241 e. The van der Waals surface area contributed by atoms with E-state index in [0.29, 0.717) is 30.3 Å². The number of aromatic nitrogens is 3. The molecule has 3 aromatic rings. The summed E-state index contributed by atoms with van der Waals surface area (Å²) in [6, 6.07) is 7.61. The highest BCUT2D eigenvalue weighted by atomic mass is 16.5. The number of nitrogens with one attached hydrogen (secondary N) is 1. The number of amides is 1. The first-order valence-electron chi connectivity index (χ1n) is 9.91. The van der Waals surface area contributed by atoms with Crippen molar-refractivity contribution in [3.05, 3.63) is 30.1 Å².